The van der Waals surface area contributed by atoms with Crippen LogP contribution in [0.15, 0.2) is 0 Å². The van der Waals surface area contributed by atoms with Gasteiger partial charge in [-0.1, -0.05) is 20.8 Å². The van der Waals surface area contributed by atoms with Crippen LogP contribution in [0.4, 0.5) is 0 Å². The number of aliphatic carboxylic acids is 1. The Balaban J connectivity index is 1.61. The highest BCUT2D eigenvalue weighted by Crippen LogP contribution is 2.68. The summed E-state index contributed by atoms with van der Waals surface area (Å²) in [7, 11) is 0. The van der Waals surface area contributed by atoms with Gasteiger partial charge in [0.2, 0.25) is 0 Å². The maximum Gasteiger partial charge on any atom is 0.303 e. The molecule has 0 amide bonds. The van der Waals surface area contributed by atoms with Gasteiger partial charge in [0, 0.05) is 6.42 Å². The summed E-state index contributed by atoms with van der Waals surface area (Å²) in [6.07, 6.45) is 6.00. The van der Waals surface area contributed by atoms with Gasteiger partial charge >= 0.3 is 5.97 Å². The first-order chi connectivity index (χ1) is 13.6. The Kier molecular flexibility index (Phi) is 5.57. The highest BCUT2D eigenvalue weighted by molar-refractivity contribution is 5.66. The van der Waals surface area contributed by atoms with Gasteiger partial charge in [-0.3, -0.25) is 4.79 Å². The Hall–Kier alpha value is -0.650. The fraction of sp³-hybridized carbons (Fsp3) is 0.958. The molecule has 0 heterocycles. The SMILES string of the molecule is C[C@H](CCC(=O)O)[C@H]1CCC2[C@H]3C(O)C[C@H]4C[C@@H](O)CCC4(C)C3CC(O)C21C. The Bertz CT molecular complexity index is 637. The van der Waals surface area contributed by atoms with Crippen LogP contribution >= 0.6 is 0 Å². The van der Waals surface area contributed by atoms with Gasteiger partial charge in [-0.15, -0.1) is 0 Å². The Morgan fingerprint density at radius 2 is 1.76 bits per heavy atom. The minimum Gasteiger partial charge on any atom is -0.481 e. The third kappa shape index (κ3) is 3.27. The average Bonchev–Trinajstić information content (AvgIpc) is 3.01. The van der Waals surface area contributed by atoms with Crippen molar-refractivity contribution in [3.8, 4) is 0 Å². The number of carboxylic acid groups (broad SMARTS) is 1. The number of carboxylic acids is 1. The molecule has 0 aromatic heterocycles. The first-order valence-electron chi connectivity index (χ1n) is 11.8. The summed E-state index contributed by atoms with van der Waals surface area (Å²) in [5.74, 6) is 0.997. The normalized spacial score (nSPS) is 52.9. The van der Waals surface area contributed by atoms with Gasteiger partial charge in [-0.05, 0) is 97.7 Å². The number of rotatable bonds is 4. The maximum absolute atomic E-state index is 11.5. The molecule has 0 radical (unpaired) electrons. The highest BCUT2D eigenvalue weighted by Gasteiger charge is 2.65. The minimum absolute atomic E-state index is 0.0957. The molecule has 0 bridgehead atoms. The molecule has 4 N–H and O–H groups in total. The van der Waals surface area contributed by atoms with Crippen molar-refractivity contribution in [1.29, 1.82) is 0 Å². The average molecular weight is 409 g/mol. The number of carbonyl (C=O) groups is 1. The van der Waals surface area contributed by atoms with Gasteiger partial charge in [-0.2, -0.15) is 0 Å². The zero-order valence-electron chi connectivity index (χ0n) is 18.3. The molecule has 5 nitrogen and oxygen atoms in total. The number of aliphatic hydroxyl groups excluding tert-OH is 3. The molecule has 4 aliphatic carbocycles. The number of hydrogen-bond acceptors (Lipinski definition) is 4. The lowest BCUT2D eigenvalue weighted by molar-refractivity contribution is -0.207. The third-order valence-electron chi connectivity index (χ3n) is 10.3. The van der Waals surface area contributed by atoms with Crippen LogP contribution in [-0.2, 0) is 4.79 Å². The van der Waals surface area contributed by atoms with Crippen LogP contribution in [0.25, 0.3) is 0 Å². The van der Waals surface area contributed by atoms with Crippen LogP contribution in [0, 0.1) is 46.3 Å². The van der Waals surface area contributed by atoms with Crippen molar-refractivity contribution < 1.29 is 25.2 Å². The van der Waals surface area contributed by atoms with E-state index in [4.69, 9.17) is 5.11 Å². The minimum atomic E-state index is -0.748. The molecular weight excluding hydrogens is 368 g/mol. The topological polar surface area (TPSA) is 98.0 Å². The van der Waals surface area contributed by atoms with Crippen LogP contribution in [0.3, 0.4) is 0 Å². The van der Waals surface area contributed by atoms with E-state index in [2.05, 4.69) is 20.8 Å². The summed E-state index contributed by atoms with van der Waals surface area (Å²) in [6.45, 7) is 6.72. The largest absolute Gasteiger partial charge is 0.481 e. The molecular formula is C24H40O5. The summed E-state index contributed by atoms with van der Waals surface area (Å²) in [5, 5.41) is 42.0. The first-order valence-corrected chi connectivity index (χ1v) is 11.8. The summed E-state index contributed by atoms with van der Waals surface area (Å²) >= 11 is 0. The van der Waals surface area contributed by atoms with Gasteiger partial charge < -0.3 is 20.4 Å². The maximum atomic E-state index is 11.5. The second-order valence-corrected chi connectivity index (χ2v) is 11.4. The second-order valence-electron chi connectivity index (χ2n) is 11.4. The summed E-state index contributed by atoms with van der Waals surface area (Å²) in [6, 6.07) is 0. The standard InChI is InChI=1S/C24H40O5/c1-13(4-7-21(28)29)16-5-6-17-22-18(12-20(27)24(16,17)3)23(2)9-8-15(25)10-14(23)11-19(22)26/h13-20,22,25-27H,4-12H2,1-3H3,(H,28,29)/t13-,14-,15+,16-,17?,18?,19?,20?,22-,23?,24?/m1/s1. The lowest BCUT2D eigenvalue weighted by Crippen LogP contribution is -2.62. The molecule has 4 fully saturated rings. The molecule has 5 heteroatoms. The van der Waals surface area contributed by atoms with Crippen molar-refractivity contribution in [3.05, 3.63) is 0 Å². The molecule has 4 aliphatic rings. The molecule has 0 spiro atoms. The van der Waals surface area contributed by atoms with Gasteiger partial charge in [-0.25, -0.2) is 0 Å². The van der Waals surface area contributed by atoms with Crippen LogP contribution < -0.4 is 0 Å². The molecule has 4 rings (SSSR count). The highest BCUT2D eigenvalue weighted by atomic mass is 16.4. The van der Waals surface area contributed by atoms with E-state index in [9.17, 15) is 20.1 Å². The van der Waals surface area contributed by atoms with Crippen molar-refractivity contribution >= 4 is 5.97 Å². The fourth-order valence-electron chi connectivity index (χ4n) is 8.68. The monoisotopic (exact) mass is 408 g/mol. The first kappa shape index (κ1) is 21.6. The molecule has 0 aliphatic heterocycles. The van der Waals surface area contributed by atoms with E-state index in [1.54, 1.807) is 0 Å². The Morgan fingerprint density at radius 1 is 1.03 bits per heavy atom. The molecule has 11 atom stereocenters. The van der Waals surface area contributed by atoms with Gasteiger partial charge in [0.1, 0.15) is 0 Å². The van der Waals surface area contributed by atoms with E-state index >= 15 is 0 Å². The summed E-state index contributed by atoms with van der Waals surface area (Å²) < 4.78 is 0. The van der Waals surface area contributed by atoms with E-state index in [1.165, 1.54) is 0 Å². The van der Waals surface area contributed by atoms with Gasteiger partial charge in [0.05, 0.1) is 18.3 Å². The van der Waals surface area contributed by atoms with Crippen molar-refractivity contribution in [1.82, 2.24) is 0 Å². The quantitative estimate of drug-likeness (QED) is 0.571. The Labute approximate surface area is 174 Å². The van der Waals surface area contributed by atoms with Gasteiger partial charge in [0.15, 0.2) is 0 Å². The van der Waals surface area contributed by atoms with Crippen LogP contribution in [0.2, 0.25) is 0 Å². The predicted octanol–water partition coefficient (Wildman–Crippen LogP) is 3.45. The van der Waals surface area contributed by atoms with Crippen molar-refractivity contribution in [3.63, 3.8) is 0 Å². The van der Waals surface area contributed by atoms with E-state index in [-0.39, 0.29) is 41.3 Å². The molecule has 6 unspecified atom stereocenters. The molecule has 29 heavy (non-hydrogen) atoms. The van der Waals surface area contributed by atoms with Crippen LogP contribution in [0.5, 0.6) is 0 Å². The molecule has 0 aromatic rings. The lowest BCUT2D eigenvalue weighted by Gasteiger charge is -2.63. The van der Waals surface area contributed by atoms with Gasteiger partial charge in [0.25, 0.3) is 0 Å². The third-order valence-corrected chi connectivity index (χ3v) is 10.3. The van der Waals surface area contributed by atoms with Crippen LogP contribution in [-0.4, -0.2) is 44.7 Å². The van der Waals surface area contributed by atoms with Crippen LogP contribution in [0.1, 0.15) is 78.6 Å². The zero-order valence-corrected chi connectivity index (χ0v) is 18.3. The molecule has 0 aromatic carbocycles. The summed E-state index contributed by atoms with van der Waals surface area (Å²) in [5.41, 5.74) is -0.143. The molecule has 4 saturated carbocycles. The van der Waals surface area contributed by atoms with E-state index in [0.29, 0.717) is 30.1 Å². The van der Waals surface area contributed by atoms with E-state index in [1.807, 2.05) is 0 Å². The van der Waals surface area contributed by atoms with E-state index in [0.717, 1.165) is 44.9 Å². The lowest BCUT2D eigenvalue weighted by atomic mass is 9.43. The van der Waals surface area contributed by atoms with Crippen molar-refractivity contribution in [2.45, 2.75) is 96.9 Å². The predicted molar refractivity (Wildman–Crippen MR) is 110 cm³/mol. The number of hydrogen-bond donors (Lipinski definition) is 4. The number of fused-ring (bicyclic) bond motifs is 5. The number of aliphatic hydroxyl groups is 3. The fourth-order valence-corrected chi connectivity index (χ4v) is 8.68. The second kappa shape index (κ2) is 7.49. The van der Waals surface area contributed by atoms with Crippen molar-refractivity contribution in [2.24, 2.45) is 46.3 Å². The molecule has 166 valence electrons. The summed E-state index contributed by atoms with van der Waals surface area (Å²) in [4.78, 5) is 11.1. The zero-order chi connectivity index (χ0) is 21.1. The Morgan fingerprint density at radius 3 is 2.45 bits per heavy atom. The van der Waals surface area contributed by atoms with Crippen molar-refractivity contribution in [2.75, 3.05) is 0 Å². The molecule has 0 saturated heterocycles. The smallest absolute Gasteiger partial charge is 0.303 e. The van der Waals surface area contributed by atoms with E-state index < -0.39 is 12.1 Å².